The van der Waals surface area contributed by atoms with Crippen LogP contribution >= 0.6 is 0 Å². The molecule has 0 spiro atoms. The number of hydrogen-bond acceptors (Lipinski definition) is 5. The highest BCUT2D eigenvalue weighted by Crippen LogP contribution is 2.37. The minimum Gasteiger partial charge on any atom is -0.496 e. The van der Waals surface area contributed by atoms with E-state index >= 15 is 0 Å². The summed E-state index contributed by atoms with van der Waals surface area (Å²) >= 11 is 0. The van der Waals surface area contributed by atoms with Crippen molar-refractivity contribution in [1.82, 2.24) is 5.32 Å². The molecule has 0 unspecified atom stereocenters. The molecule has 1 aliphatic rings. The van der Waals surface area contributed by atoms with Crippen LogP contribution in [-0.4, -0.2) is 37.7 Å². The highest BCUT2D eigenvalue weighted by atomic mass is 16.5. The summed E-state index contributed by atoms with van der Waals surface area (Å²) in [5, 5.41) is 5.79. The van der Waals surface area contributed by atoms with Crippen LogP contribution in [-0.2, 0) is 4.79 Å². The molecule has 0 aromatic heterocycles. The second-order valence-corrected chi connectivity index (χ2v) is 5.68. The zero-order chi connectivity index (χ0) is 18.0. The van der Waals surface area contributed by atoms with E-state index in [1.165, 1.54) is 14.0 Å². The van der Waals surface area contributed by atoms with Gasteiger partial charge in [0.1, 0.15) is 5.75 Å². The van der Waals surface area contributed by atoms with E-state index in [1.807, 2.05) is 0 Å². The molecule has 0 radical (unpaired) electrons. The topological polar surface area (TPSA) is 84.5 Å². The summed E-state index contributed by atoms with van der Waals surface area (Å²) in [6.45, 7) is 2.28. The molecule has 0 atom stereocenters. The Labute approximate surface area is 145 Å². The van der Waals surface area contributed by atoms with Crippen molar-refractivity contribution in [3.05, 3.63) is 58.7 Å². The van der Waals surface area contributed by atoms with Gasteiger partial charge in [-0.25, -0.2) is 0 Å². The quantitative estimate of drug-likeness (QED) is 0.695. The molecule has 1 amide bonds. The molecule has 2 aromatic rings. The summed E-state index contributed by atoms with van der Waals surface area (Å²) in [4.78, 5) is 36.8. The van der Waals surface area contributed by atoms with Crippen LogP contribution in [0.15, 0.2) is 36.4 Å². The van der Waals surface area contributed by atoms with Crippen molar-refractivity contribution >= 4 is 23.2 Å². The molecular formula is C19H18N2O4. The van der Waals surface area contributed by atoms with Crippen molar-refractivity contribution in [2.75, 3.05) is 25.5 Å². The smallest absolute Gasteiger partial charge is 0.216 e. The lowest BCUT2D eigenvalue weighted by Crippen LogP contribution is -2.28. The summed E-state index contributed by atoms with van der Waals surface area (Å²) in [5.41, 5.74) is 1.91. The maximum atomic E-state index is 13.0. The number of fused-ring (bicyclic) bond motifs is 2. The number of benzene rings is 2. The molecule has 128 valence electrons. The fraction of sp³-hybridized carbons (Fsp3) is 0.211. The Hall–Kier alpha value is -3.15. The van der Waals surface area contributed by atoms with Crippen molar-refractivity contribution in [2.24, 2.45) is 0 Å². The van der Waals surface area contributed by atoms with Gasteiger partial charge in [-0.3, -0.25) is 14.4 Å². The zero-order valence-corrected chi connectivity index (χ0v) is 14.0. The maximum Gasteiger partial charge on any atom is 0.216 e. The van der Waals surface area contributed by atoms with Crippen LogP contribution in [0.4, 0.5) is 5.69 Å². The number of amides is 1. The third-order valence-corrected chi connectivity index (χ3v) is 4.07. The van der Waals surface area contributed by atoms with Crippen molar-refractivity contribution in [3.8, 4) is 5.75 Å². The van der Waals surface area contributed by atoms with Gasteiger partial charge in [0.05, 0.1) is 18.2 Å². The van der Waals surface area contributed by atoms with E-state index in [-0.39, 0.29) is 23.0 Å². The number of nitrogens with one attached hydrogen (secondary N) is 2. The normalized spacial score (nSPS) is 12.2. The number of ketones is 2. The summed E-state index contributed by atoms with van der Waals surface area (Å²) in [6, 6.07) is 10.1. The van der Waals surface area contributed by atoms with E-state index in [0.717, 1.165) is 0 Å². The molecule has 0 bridgehead atoms. The average Bonchev–Trinajstić information content (AvgIpc) is 2.62. The van der Waals surface area contributed by atoms with Crippen LogP contribution < -0.4 is 15.4 Å². The standard InChI is InChI=1S/C19H18N2O4/c1-11(22)20-9-10-21-14-7-8-15(25-2)17-16(14)18(23)12-5-3-4-6-13(12)19(17)24/h3-8,21H,9-10H2,1-2H3,(H,20,22). The molecule has 0 saturated carbocycles. The lowest BCUT2D eigenvalue weighted by molar-refractivity contribution is -0.118. The maximum absolute atomic E-state index is 13.0. The van der Waals surface area contributed by atoms with Gasteiger partial charge in [0.2, 0.25) is 5.91 Å². The zero-order valence-electron chi connectivity index (χ0n) is 14.0. The van der Waals surface area contributed by atoms with Crippen LogP contribution in [0.2, 0.25) is 0 Å². The third kappa shape index (κ3) is 2.98. The summed E-state index contributed by atoms with van der Waals surface area (Å²) < 4.78 is 5.30. The van der Waals surface area contributed by atoms with E-state index in [9.17, 15) is 14.4 Å². The van der Waals surface area contributed by atoms with Gasteiger partial charge in [0.25, 0.3) is 0 Å². The predicted molar refractivity (Wildman–Crippen MR) is 93.5 cm³/mol. The Balaban J connectivity index is 2.02. The molecule has 0 aliphatic heterocycles. The van der Waals surface area contributed by atoms with Crippen molar-refractivity contribution < 1.29 is 19.1 Å². The minimum absolute atomic E-state index is 0.126. The fourth-order valence-electron chi connectivity index (χ4n) is 2.95. The first kappa shape index (κ1) is 16.7. The van der Waals surface area contributed by atoms with E-state index < -0.39 is 0 Å². The van der Waals surface area contributed by atoms with Gasteiger partial charge in [-0.2, -0.15) is 0 Å². The monoisotopic (exact) mass is 338 g/mol. The first-order chi connectivity index (χ1) is 12.0. The second kappa shape index (κ2) is 6.76. The molecule has 2 aromatic carbocycles. The highest BCUT2D eigenvalue weighted by Gasteiger charge is 2.34. The van der Waals surface area contributed by atoms with Crippen LogP contribution in [0.5, 0.6) is 5.75 Å². The number of rotatable bonds is 5. The Morgan fingerprint density at radius 2 is 1.60 bits per heavy atom. The van der Waals surface area contributed by atoms with E-state index in [0.29, 0.717) is 41.2 Å². The predicted octanol–water partition coefficient (Wildman–Crippen LogP) is 2.02. The van der Waals surface area contributed by atoms with Crippen molar-refractivity contribution in [1.29, 1.82) is 0 Å². The fourth-order valence-corrected chi connectivity index (χ4v) is 2.95. The molecule has 0 fully saturated rings. The summed E-state index contributed by atoms with van der Waals surface area (Å²) in [5.74, 6) is -0.201. The van der Waals surface area contributed by atoms with Crippen LogP contribution in [0.25, 0.3) is 0 Å². The SMILES string of the molecule is COc1ccc(NCCNC(C)=O)c2c1C(=O)c1ccccc1C2=O. The molecule has 2 N–H and O–H groups in total. The minimum atomic E-state index is -0.229. The number of hydrogen-bond donors (Lipinski definition) is 2. The number of carbonyl (C=O) groups is 3. The Morgan fingerprint density at radius 1 is 0.960 bits per heavy atom. The van der Waals surface area contributed by atoms with Gasteiger partial charge in [-0.15, -0.1) is 0 Å². The average molecular weight is 338 g/mol. The van der Waals surface area contributed by atoms with Crippen molar-refractivity contribution in [2.45, 2.75) is 6.92 Å². The van der Waals surface area contributed by atoms with Crippen LogP contribution in [0.1, 0.15) is 38.8 Å². The molecule has 0 saturated heterocycles. The van der Waals surface area contributed by atoms with Gasteiger partial charge < -0.3 is 15.4 Å². The van der Waals surface area contributed by atoms with Crippen LogP contribution in [0, 0.1) is 0 Å². The van der Waals surface area contributed by atoms with E-state index in [4.69, 9.17) is 4.74 Å². The van der Waals surface area contributed by atoms with Gasteiger partial charge in [-0.05, 0) is 12.1 Å². The Kier molecular flexibility index (Phi) is 4.52. The van der Waals surface area contributed by atoms with E-state index in [1.54, 1.807) is 36.4 Å². The first-order valence-electron chi connectivity index (χ1n) is 7.92. The van der Waals surface area contributed by atoms with Gasteiger partial charge in [-0.1, -0.05) is 24.3 Å². The molecule has 25 heavy (non-hydrogen) atoms. The number of ether oxygens (including phenoxy) is 1. The summed E-state index contributed by atoms with van der Waals surface area (Å²) in [6.07, 6.45) is 0. The summed E-state index contributed by atoms with van der Waals surface area (Å²) in [7, 11) is 1.47. The molecule has 0 heterocycles. The molecular weight excluding hydrogens is 320 g/mol. The second-order valence-electron chi connectivity index (χ2n) is 5.68. The lowest BCUT2D eigenvalue weighted by Gasteiger charge is -2.22. The first-order valence-corrected chi connectivity index (χ1v) is 7.92. The van der Waals surface area contributed by atoms with Crippen LogP contribution in [0.3, 0.4) is 0 Å². The molecule has 3 rings (SSSR count). The lowest BCUT2D eigenvalue weighted by atomic mass is 9.82. The Morgan fingerprint density at radius 3 is 2.20 bits per heavy atom. The van der Waals surface area contributed by atoms with Gasteiger partial charge in [0.15, 0.2) is 11.6 Å². The van der Waals surface area contributed by atoms with Gasteiger partial charge >= 0.3 is 0 Å². The number of methoxy groups -OCH3 is 1. The highest BCUT2D eigenvalue weighted by molar-refractivity contribution is 6.31. The number of carbonyl (C=O) groups excluding carboxylic acids is 3. The van der Waals surface area contributed by atoms with Gasteiger partial charge in [0, 0.05) is 36.8 Å². The molecule has 6 heteroatoms. The molecule has 6 nitrogen and oxygen atoms in total. The third-order valence-electron chi connectivity index (χ3n) is 4.07. The number of anilines is 1. The largest absolute Gasteiger partial charge is 0.496 e. The van der Waals surface area contributed by atoms with E-state index in [2.05, 4.69) is 10.6 Å². The molecule has 1 aliphatic carbocycles. The Bertz CT molecular complexity index is 874. The van der Waals surface area contributed by atoms with Crippen molar-refractivity contribution in [3.63, 3.8) is 0 Å².